The zero-order valence-corrected chi connectivity index (χ0v) is 13.2. The van der Waals surface area contributed by atoms with Crippen molar-refractivity contribution < 1.29 is 4.39 Å². The molecule has 0 saturated carbocycles. The molecule has 1 atom stereocenters. The van der Waals surface area contributed by atoms with Crippen molar-refractivity contribution in [2.75, 3.05) is 6.54 Å². The summed E-state index contributed by atoms with van der Waals surface area (Å²) in [6, 6.07) is 5.04. The van der Waals surface area contributed by atoms with Crippen LogP contribution in [0, 0.1) is 5.82 Å². The molecule has 0 aliphatic rings. The van der Waals surface area contributed by atoms with E-state index in [9.17, 15) is 4.39 Å². The average Bonchev–Trinajstić information content (AvgIpc) is 2.86. The molecule has 1 aromatic carbocycles. The van der Waals surface area contributed by atoms with Gasteiger partial charge < -0.3 is 5.32 Å². The Hall–Kier alpha value is -1.39. The van der Waals surface area contributed by atoms with Crippen LogP contribution in [-0.4, -0.2) is 22.4 Å². The summed E-state index contributed by atoms with van der Waals surface area (Å²) in [5.74, 6) is -0.230. The second-order valence-electron chi connectivity index (χ2n) is 5.22. The number of likely N-dealkylation sites (N-methyl/N-ethyl adjacent to an activating group) is 1. The Labute approximate surface area is 130 Å². The van der Waals surface area contributed by atoms with Crippen LogP contribution >= 0.6 is 11.6 Å². The van der Waals surface area contributed by atoms with Crippen LogP contribution in [0.25, 0.3) is 0 Å². The van der Waals surface area contributed by atoms with Crippen molar-refractivity contribution >= 4 is 11.6 Å². The lowest BCUT2D eigenvalue weighted by Crippen LogP contribution is -2.31. The van der Waals surface area contributed by atoms with Gasteiger partial charge in [0.2, 0.25) is 0 Å². The predicted molar refractivity (Wildman–Crippen MR) is 84.1 cm³/mol. The molecule has 1 heterocycles. The SMILES string of the molecule is CCNC(CCc1cnn(C)c1)Cc1c(F)cccc1Cl. The quantitative estimate of drug-likeness (QED) is 0.850. The summed E-state index contributed by atoms with van der Waals surface area (Å²) in [5.41, 5.74) is 1.79. The number of nitrogens with one attached hydrogen (secondary N) is 1. The second kappa shape index (κ2) is 7.57. The molecule has 3 nitrogen and oxygen atoms in total. The summed E-state index contributed by atoms with van der Waals surface area (Å²) in [7, 11) is 1.91. The molecular formula is C16H21ClFN3. The molecule has 1 aromatic heterocycles. The van der Waals surface area contributed by atoms with Gasteiger partial charge in [-0.3, -0.25) is 4.68 Å². The molecule has 0 fully saturated rings. The molecule has 0 amide bonds. The summed E-state index contributed by atoms with van der Waals surface area (Å²) in [6.07, 6.45) is 6.32. The summed E-state index contributed by atoms with van der Waals surface area (Å²) >= 11 is 6.11. The van der Waals surface area contributed by atoms with Crippen molar-refractivity contribution in [3.63, 3.8) is 0 Å². The fraction of sp³-hybridized carbons (Fsp3) is 0.438. The van der Waals surface area contributed by atoms with Crippen LogP contribution in [0.1, 0.15) is 24.5 Å². The maximum atomic E-state index is 13.9. The molecule has 0 aliphatic heterocycles. The van der Waals surface area contributed by atoms with Gasteiger partial charge in [0.1, 0.15) is 5.82 Å². The maximum Gasteiger partial charge on any atom is 0.127 e. The van der Waals surface area contributed by atoms with E-state index in [-0.39, 0.29) is 11.9 Å². The van der Waals surface area contributed by atoms with Crippen LogP contribution < -0.4 is 5.32 Å². The first-order chi connectivity index (χ1) is 10.1. The normalized spacial score (nSPS) is 12.6. The maximum absolute atomic E-state index is 13.9. The smallest absolute Gasteiger partial charge is 0.127 e. The first kappa shape index (κ1) is 16.0. The molecule has 0 aliphatic carbocycles. The van der Waals surface area contributed by atoms with E-state index in [2.05, 4.69) is 17.3 Å². The fourth-order valence-corrected chi connectivity index (χ4v) is 2.72. The van der Waals surface area contributed by atoms with E-state index in [0.717, 1.165) is 19.4 Å². The molecule has 1 N–H and O–H groups in total. The number of benzene rings is 1. The highest BCUT2D eigenvalue weighted by Crippen LogP contribution is 2.21. The fourth-order valence-electron chi connectivity index (χ4n) is 2.48. The summed E-state index contributed by atoms with van der Waals surface area (Å²) in [6.45, 7) is 2.91. The standard InChI is InChI=1S/C16H21ClFN3/c1-3-19-13(8-7-12-10-20-21(2)11-12)9-14-15(17)5-4-6-16(14)18/h4-6,10-11,13,19H,3,7-9H2,1-2H3. The molecule has 2 rings (SSSR count). The molecule has 5 heteroatoms. The van der Waals surface area contributed by atoms with E-state index >= 15 is 0 Å². The second-order valence-corrected chi connectivity index (χ2v) is 5.63. The summed E-state index contributed by atoms with van der Waals surface area (Å²) in [4.78, 5) is 0. The number of nitrogens with zero attached hydrogens (tertiary/aromatic N) is 2. The average molecular weight is 310 g/mol. The van der Waals surface area contributed by atoms with E-state index in [4.69, 9.17) is 11.6 Å². The van der Waals surface area contributed by atoms with Gasteiger partial charge in [-0.15, -0.1) is 0 Å². The van der Waals surface area contributed by atoms with Crippen LogP contribution in [0.4, 0.5) is 4.39 Å². The molecule has 21 heavy (non-hydrogen) atoms. The monoisotopic (exact) mass is 309 g/mol. The summed E-state index contributed by atoms with van der Waals surface area (Å²) in [5, 5.41) is 8.08. The number of aryl methyl sites for hydroxylation is 2. The highest BCUT2D eigenvalue weighted by molar-refractivity contribution is 6.31. The lowest BCUT2D eigenvalue weighted by molar-refractivity contribution is 0.480. The van der Waals surface area contributed by atoms with Crippen LogP contribution in [0.15, 0.2) is 30.6 Å². The van der Waals surface area contributed by atoms with Gasteiger partial charge in [0, 0.05) is 29.9 Å². The molecule has 0 bridgehead atoms. The van der Waals surface area contributed by atoms with Crippen molar-refractivity contribution in [2.45, 2.75) is 32.2 Å². The third-order valence-corrected chi connectivity index (χ3v) is 3.90. The van der Waals surface area contributed by atoms with E-state index in [0.29, 0.717) is 17.0 Å². The molecule has 1 unspecified atom stereocenters. The van der Waals surface area contributed by atoms with Gasteiger partial charge in [0.05, 0.1) is 6.20 Å². The van der Waals surface area contributed by atoms with E-state index < -0.39 is 0 Å². The summed E-state index contributed by atoms with van der Waals surface area (Å²) < 4.78 is 15.7. The number of hydrogen-bond acceptors (Lipinski definition) is 2. The van der Waals surface area contributed by atoms with Gasteiger partial charge in [0.25, 0.3) is 0 Å². The third kappa shape index (κ3) is 4.55. The molecule has 0 radical (unpaired) electrons. The third-order valence-electron chi connectivity index (χ3n) is 3.54. The molecule has 0 saturated heterocycles. The minimum atomic E-state index is -0.230. The Kier molecular flexibility index (Phi) is 5.76. The van der Waals surface area contributed by atoms with Crippen LogP contribution in [0.2, 0.25) is 5.02 Å². The van der Waals surface area contributed by atoms with Gasteiger partial charge in [-0.25, -0.2) is 4.39 Å². The van der Waals surface area contributed by atoms with Gasteiger partial charge in [-0.2, -0.15) is 5.10 Å². The first-order valence-corrected chi connectivity index (χ1v) is 7.61. The Morgan fingerprint density at radius 3 is 2.86 bits per heavy atom. The Bertz CT molecular complexity index is 562. The van der Waals surface area contributed by atoms with E-state index in [1.54, 1.807) is 16.8 Å². The van der Waals surface area contributed by atoms with Crippen LogP contribution in [-0.2, 0) is 19.9 Å². The largest absolute Gasteiger partial charge is 0.314 e. The Balaban J connectivity index is 2.01. The molecule has 0 spiro atoms. The van der Waals surface area contributed by atoms with Crippen molar-refractivity contribution in [3.05, 3.63) is 52.6 Å². The highest BCUT2D eigenvalue weighted by Gasteiger charge is 2.14. The minimum Gasteiger partial charge on any atom is -0.314 e. The van der Waals surface area contributed by atoms with Crippen molar-refractivity contribution in [1.29, 1.82) is 0 Å². The topological polar surface area (TPSA) is 29.9 Å². The molecular weight excluding hydrogens is 289 g/mol. The van der Waals surface area contributed by atoms with E-state index in [1.807, 2.05) is 19.4 Å². The van der Waals surface area contributed by atoms with Crippen molar-refractivity contribution in [3.8, 4) is 0 Å². The van der Waals surface area contributed by atoms with Crippen molar-refractivity contribution in [2.24, 2.45) is 7.05 Å². The van der Waals surface area contributed by atoms with E-state index in [1.165, 1.54) is 11.6 Å². The first-order valence-electron chi connectivity index (χ1n) is 7.24. The predicted octanol–water partition coefficient (Wildman–Crippen LogP) is 3.37. The lowest BCUT2D eigenvalue weighted by atomic mass is 9.99. The molecule has 114 valence electrons. The van der Waals surface area contributed by atoms with Gasteiger partial charge in [-0.1, -0.05) is 24.6 Å². The Morgan fingerprint density at radius 1 is 1.43 bits per heavy atom. The van der Waals surface area contributed by atoms with Gasteiger partial charge in [0.15, 0.2) is 0 Å². The zero-order valence-electron chi connectivity index (χ0n) is 12.4. The Morgan fingerprint density at radius 2 is 2.24 bits per heavy atom. The number of aromatic nitrogens is 2. The highest BCUT2D eigenvalue weighted by atomic mass is 35.5. The van der Waals surface area contributed by atoms with Crippen LogP contribution in [0.3, 0.4) is 0 Å². The van der Waals surface area contributed by atoms with Gasteiger partial charge in [-0.05, 0) is 43.5 Å². The number of rotatable bonds is 7. The minimum absolute atomic E-state index is 0.199. The van der Waals surface area contributed by atoms with Crippen LogP contribution in [0.5, 0.6) is 0 Å². The number of halogens is 2. The number of hydrogen-bond donors (Lipinski definition) is 1. The van der Waals surface area contributed by atoms with Crippen molar-refractivity contribution in [1.82, 2.24) is 15.1 Å². The zero-order chi connectivity index (χ0) is 15.2. The molecule has 2 aromatic rings. The van der Waals surface area contributed by atoms with Gasteiger partial charge >= 0.3 is 0 Å². The lowest BCUT2D eigenvalue weighted by Gasteiger charge is -2.18.